The van der Waals surface area contributed by atoms with Crippen LogP contribution in [0.1, 0.15) is 37.0 Å². The number of benzene rings is 1. The van der Waals surface area contributed by atoms with E-state index in [0.29, 0.717) is 28.7 Å². The highest BCUT2D eigenvalue weighted by Crippen LogP contribution is 2.22. The van der Waals surface area contributed by atoms with Gasteiger partial charge in [0.05, 0.1) is 29.7 Å². The van der Waals surface area contributed by atoms with E-state index in [0.717, 1.165) is 51.3 Å². The van der Waals surface area contributed by atoms with E-state index in [1.165, 1.54) is 0 Å². The number of halogens is 1. The number of carbonyl (C=O) groups excluding carboxylic acids is 1. The van der Waals surface area contributed by atoms with Gasteiger partial charge in [-0.1, -0.05) is 11.6 Å². The molecule has 0 bridgehead atoms. The van der Waals surface area contributed by atoms with Crippen molar-refractivity contribution >= 4 is 17.5 Å². The van der Waals surface area contributed by atoms with Gasteiger partial charge in [0, 0.05) is 43.9 Å². The Morgan fingerprint density at radius 3 is 2.45 bits per heavy atom. The van der Waals surface area contributed by atoms with Gasteiger partial charge in [-0.05, 0) is 56.9 Å². The first-order valence-electron chi connectivity index (χ1n) is 10.5. The highest BCUT2D eigenvalue weighted by Gasteiger charge is 2.28. The van der Waals surface area contributed by atoms with Gasteiger partial charge in [0.25, 0.3) is 5.91 Å². The Bertz CT molecular complexity index is 820. The van der Waals surface area contributed by atoms with E-state index < -0.39 is 0 Å². The lowest BCUT2D eigenvalue weighted by Gasteiger charge is -2.39. The number of nitrogens with zero attached hydrogens (tertiary/aromatic N) is 4. The quantitative estimate of drug-likeness (QED) is 0.765. The molecule has 0 saturated carbocycles. The van der Waals surface area contributed by atoms with E-state index in [9.17, 15) is 4.79 Å². The Balaban J connectivity index is 1.31. The Kier molecular flexibility index (Phi) is 6.23. The molecule has 1 aromatic heterocycles. The standard InChI is InChI=1S/C22H29ClN4O2/c1-16-12-25(13-17(2)29-16)14-18-7-9-26(10-8-18)22(28)19-11-24-27(15-19)21-5-3-20(23)4-6-21/h3-6,11,15-18H,7-10,12-14H2,1-2H3. The van der Waals surface area contributed by atoms with Crippen LogP contribution in [0.15, 0.2) is 36.7 Å². The monoisotopic (exact) mass is 416 g/mol. The lowest BCUT2D eigenvalue weighted by molar-refractivity contribution is -0.0728. The number of carbonyl (C=O) groups is 1. The predicted octanol–water partition coefficient (Wildman–Crippen LogP) is 3.49. The first kappa shape index (κ1) is 20.4. The van der Waals surface area contributed by atoms with Crippen molar-refractivity contribution in [2.45, 2.75) is 38.9 Å². The van der Waals surface area contributed by atoms with Crippen molar-refractivity contribution in [2.24, 2.45) is 5.92 Å². The summed E-state index contributed by atoms with van der Waals surface area (Å²) in [5.74, 6) is 0.714. The number of rotatable bonds is 4. The largest absolute Gasteiger partial charge is 0.373 e. The maximum absolute atomic E-state index is 12.9. The van der Waals surface area contributed by atoms with Gasteiger partial charge < -0.3 is 9.64 Å². The minimum atomic E-state index is 0.0669. The second kappa shape index (κ2) is 8.86. The smallest absolute Gasteiger partial charge is 0.257 e. The average Bonchev–Trinajstić information content (AvgIpc) is 3.18. The third kappa shape index (κ3) is 5.00. The maximum atomic E-state index is 12.9. The molecule has 4 rings (SSSR count). The fraction of sp³-hybridized carbons (Fsp3) is 0.545. The molecule has 0 N–H and O–H groups in total. The molecule has 156 valence electrons. The van der Waals surface area contributed by atoms with Gasteiger partial charge in [-0.2, -0.15) is 5.10 Å². The average molecular weight is 417 g/mol. The molecule has 1 aromatic carbocycles. The molecule has 0 radical (unpaired) electrons. The Morgan fingerprint density at radius 2 is 1.79 bits per heavy atom. The molecular weight excluding hydrogens is 388 g/mol. The first-order valence-corrected chi connectivity index (χ1v) is 10.8. The molecule has 29 heavy (non-hydrogen) atoms. The van der Waals surface area contributed by atoms with Crippen LogP contribution in [0, 0.1) is 5.92 Å². The number of aromatic nitrogens is 2. The summed E-state index contributed by atoms with van der Waals surface area (Å²) < 4.78 is 7.55. The van der Waals surface area contributed by atoms with Crippen molar-refractivity contribution in [1.82, 2.24) is 19.6 Å². The third-order valence-electron chi connectivity index (χ3n) is 5.83. The van der Waals surface area contributed by atoms with Crippen molar-refractivity contribution in [1.29, 1.82) is 0 Å². The topological polar surface area (TPSA) is 50.6 Å². The van der Waals surface area contributed by atoms with Crippen LogP contribution in [0.5, 0.6) is 0 Å². The fourth-order valence-electron chi connectivity index (χ4n) is 4.47. The van der Waals surface area contributed by atoms with Crippen molar-refractivity contribution < 1.29 is 9.53 Å². The van der Waals surface area contributed by atoms with E-state index in [1.54, 1.807) is 17.1 Å². The summed E-state index contributed by atoms with van der Waals surface area (Å²) in [5.41, 5.74) is 1.52. The van der Waals surface area contributed by atoms with Crippen molar-refractivity contribution in [3.63, 3.8) is 0 Å². The van der Waals surface area contributed by atoms with Crippen LogP contribution in [0.3, 0.4) is 0 Å². The molecule has 2 atom stereocenters. The highest BCUT2D eigenvalue weighted by atomic mass is 35.5. The highest BCUT2D eigenvalue weighted by molar-refractivity contribution is 6.30. The third-order valence-corrected chi connectivity index (χ3v) is 6.09. The molecule has 2 aliphatic heterocycles. The van der Waals surface area contributed by atoms with Crippen LogP contribution >= 0.6 is 11.6 Å². The SMILES string of the molecule is CC1CN(CC2CCN(C(=O)c3cnn(-c4ccc(Cl)cc4)c3)CC2)CC(C)O1. The van der Waals surface area contributed by atoms with Crippen molar-refractivity contribution in [3.05, 3.63) is 47.2 Å². The van der Waals surface area contributed by atoms with Crippen molar-refractivity contribution in [2.75, 3.05) is 32.7 Å². The van der Waals surface area contributed by atoms with E-state index in [1.807, 2.05) is 29.2 Å². The van der Waals surface area contributed by atoms with Crippen LogP contribution in [0.4, 0.5) is 0 Å². The fourth-order valence-corrected chi connectivity index (χ4v) is 4.59. The van der Waals surface area contributed by atoms with Gasteiger partial charge in [-0.25, -0.2) is 4.68 Å². The number of hydrogen-bond acceptors (Lipinski definition) is 4. The lowest BCUT2D eigenvalue weighted by atomic mass is 9.95. The zero-order chi connectivity index (χ0) is 20.4. The van der Waals surface area contributed by atoms with Crippen molar-refractivity contribution in [3.8, 4) is 5.69 Å². The molecule has 2 saturated heterocycles. The molecule has 0 aliphatic carbocycles. The molecule has 2 fully saturated rings. The minimum absolute atomic E-state index is 0.0669. The van der Waals surface area contributed by atoms with E-state index in [4.69, 9.17) is 16.3 Å². The summed E-state index contributed by atoms with van der Waals surface area (Å²) in [6, 6.07) is 7.42. The normalized spacial score (nSPS) is 24.0. The summed E-state index contributed by atoms with van der Waals surface area (Å²) >= 11 is 5.94. The molecule has 0 spiro atoms. The number of morpholine rings is 1. The molecule has 2 aromatic rings. The number of amides is 1. The van der Waals surface area contributed by atoms with Gasteiger partial charge in [0.2, 0.25) is 0 Å². The summed E-state index contributed by atoms with van der Waals surface area (Å²) in [4.78, 5) is 17.4. The summed E-state index contributed by atoms with van der Waals surface area (Å²) in [7, 11) is 0. The number of piperidine rings is 1. The molecule has 1 amide bonds. The second-order valence-electron chi connectivity index (χ2n) is 8.36. The van der Waals surface area contributed by atoms with Crippen LogP contribution in [0.25, 0.3) is 5.69 Å². The van der Waals surface area contributed by atoms with Crippen LogP contribution in [-0.4, -0.2) is 70.4 Å². The molecule has 7 heteroatoms. The van der Waals surface area contributed by atoms with Gasteiger partial charge in [-0.3, -0.25) is 9.69 Å². The molecule has 3 heterocycles. The Labute approximate surface area is 177 Å². The number of ether oxygens (including phenoxy) is 1. The molecular formula is C22H29ClN4O2. The predicted molar refractivity (Wildman–Crippen MR) is 114 cm³/mol. The number of hydrogen-bond donors (Lipinski definition) is 0. The van der Waals surface area contributed by atoms with Crippen LogP contribution in [-0.2, 0) is 4.74 Å². The Hall–Kier alpha value is -1.89. The minimum Gasteiger partial charge on any atom is -0.373 e. The molecule has 2 aliphatic rings. The molecule has 2 unspecified atom stereocenters. The Morgan fingerprint density at radius 1 is 1.14 bits per heavy atom. The van der Waals surface area contributed by atoms with E-state index in [-0.39, 0.29) is 5.91 Å². The van der Waals surface area contributed by atoms with Gasteiger partial charge in [0.1, 0.15) is 0 Å². The van der Waals surface area contributed by atoms with E-state index >= 15 is 0 Å². The summed E-state index contributed by atoms with van der Waals surface area (Å²) in [6.07, 6.45) is 6.16. The molecule has 6 nitrogen and oxygen atoms in total. The maximum Gasteiger partial charge on any atom is 0.257 e. The van der Waals surface area contributed by atoms with Crippen LogP contribution in [0.2, 0.25) is 5.02 Å². The second-order valence-corrected chi connectivity index (χ2v) is 8.80. The summed E-state index contributed by atoms with van der Waals surface area (Å²) in [6.45, 7) is 9.04. The first-order chi connectivity index (χ1) is 14.0. The number of likely N-dealkylation sites (tertiary alicyclic amines) is 1. The van der Waals surface area contributed by atoms with Gasteiger partial charge in [0.15, 0.2) is 0 Å². The van der Waals surface area contributed by atoms with Crippen LogP contribution < -0.4 is 0 Å². The van der Waals surface area contributed by atoms with Gasteiger partial charge in [-0.15, -0.1) is 0 Å². The van der Waals surface area contributed by atoms with E-state index in [2.05, 4.69) is 23.8 Å². The zero-order valence-corrected chi connectivity index (χ0v) is 17.9. The summed E-state index contributed by atoms with van der Waals surface area (Å²) in [5, 5.41) is 5.03. The zero-order valence-electron chi connectivity index (χ0n) is 17.1. The lowest BCUT2D eigenvalue weighted by Crippen LogP contribution is -2.48. The van der Waals surface area contributed by atoms with Gasteiger partial charge >= 0.3 is 0 Å².